The smallest absolute Gasteiger partial charge is 0.471 e. The molecule has 0 aliphatic rings. The second-order valence-corrected chi connectivity index (χ2v) is 11.3. The van der Waals surface area contributed by atoms with Crippen LogP contribution in [0, 0.1) is 5.92 Å². The van der Waals surface area contributed by atoms with Gasteiger partial charge in [0, 0.05) is 13.1 Å². The van der Waals surface area contributed by atoms with E-state index in [2.05, 4.69) is 5.32 Å². The topological polar surface area (TPSA) is 134 Å². The number of methoxy groups -OCH3 is 1. The molecule has 0 aliphatic carbocycles. The second kappa shape index (κ2) is 15.6. The third-order valence-electron chi connectivity index (χ3n) is 6.24. The minimum Gasteiger partial charge on any atom is -0.497 e. The zero-order valence-electron chi connectivity index (χ0n) is 23.1. The van der Waals surface area contributed by atoms with Crippen LogP contribution in [0.3, 0.4) is 0 Å². The van der Waals surface area contributed by atoms with Crippen molar-refractivity contribution in [3.05, 3.63) is 60.2 Å². The lowest BCUT2D eigenvalue weighted by Gasteiger charge is -2.31. The number of rotatable bonds is 15. The number of aliphatic hydroxyl groups is 1. The number of sulfonamides is 1. The summed E-state index contributed by atoms with van der Waals surface area (Å²) in [5, 5.41) is 15.3. The van der Waals surface area contributed by atoms with Crippen LogP contribution < -0.4 is 15.4 Å². The van der Waals surface area contributed by atoms with Crippen LogP contribution in [0.25, 0.3) is 0 Å². The van der Waals surface area contributed by atoms with Crippen molar-refractivity contribution < 1.29 is 45.8 Å². The third-order valence-corrected chi connectivity index (χ3v) is 8.09. The molecule has 41 heavy (non-hydrogen) atoms. The van der Waals surface area contributed by atoms with Crippen molar-refractivity contribution in [3.8, 4) is 5.75 Å². The van der Waals surface area contributed by atoms with E-state index in [0.29, 0.717) is 12.2 Å². The van der Waals surface area contributed by atoms with Crippen LogP contribution >= 0.6 is 0 Å². The first kappa shape index (κ1) is 33.8. The molecule has 14 heteroatoms. The number of nitrogens with zero attached hydrogens (tertiary/aromatic N) is 1. The summed E-state index contributed by atoms with van der Waals surface area (Å²) in [5.74, 6) is -1.74. The van der Waals surface area contributed by atoms with Gasteiger partial charge in [-0.2, -0.15) is 17.5 Å². The van der Waals surface area contributed by atoms with Gasteiger partial charge in [0.25, 0.3) is 0 Å². The number of ether oxygens (including phenoxy) is 2. The molecule has 2 rings (SSSR count). The molecular formula is C27H36F3N3O7S. The summed E-state index contributed by atoms with van der Waals surface area (Å²) in [4.78, 5) is 23.4. The fourth-order valence-electron chi connectivity index (χ4n) is 3.73. The predicted octanol–water partition coefficient (Wildman–Crippen LogP) is 3.11. The van der Waals surface area contributed by atoms with Gasteiger partial charge in [-0.1, -0.05) is 50.6 Å². The average Bonchev–Trinajstić information content (AvgIpc) is 2.94. The second-order valence-electron chi connectivity index (χ2n) is 9.41. The van der Waals surface area contributed by atoms with Crippen LogP contribution in [-0.4, -0.2) is 81.5 Å². The van der Waals surface area contributed by atoms with E-state index < -0.39 is 53.5 Å². The van der Waals surface area contributed by atoms with Crippen LogP contribution in [-0.2, 0) is 26.0 Å². The van der Waals surface area contributed by atoms with Crippen molar-refractivity contribution in [1.82, 2.24) is 14.9 Å². The lowest BCUT2D eigenvalue weighted by molar-refractivity contribution is -0.173. The number of aliphatic hydroxyl groups excluding tert-OH is 1. The van der Waals surface area contributed by atoms with Crippen molar-refractivity contribution in [2.45, 2.75) is 49.9 Å². The fraction of sp³-hybridized carbons (Fsp3) is 0.481. The third kappa shape index (κ3) is 10.9. The van der Waals surface area contributed by atoms with E-state index in [1.54, 1.807) is 35.6 Å². The summed E-state index contributed by atoms with van der Waals surface area (Å²) < 4.78 is 75.3. The molecule has 0 radical (unpaired) electrons. The maximum atomic E-state index is 13.6. The number of amides is 2. The highest BCUT2D eigenvalue weighted by Crippen LogP contribution is 2.22. The molecule has 0 saturated carbocycles. The van der Waals surface area contributed by atoms with Gasteiger partial charge in [-0.15, -0.1) is 0 Å². The molecule has 0 spiro atoms. The van der Waals surface area contributed by atoms with Crippen LogP contribution in [0.1, 0.15) is 25.8 Å². The number of nitrogens with one attached hydrogen (secondary N) is 2. The molecule has 3 atom stereocenters. The van der Waals surface area contributed by atoms with Gasteiger partial charge in [-0.3, -0.25) is 4.79 Å². The zero-order valence-corrected chi connectivity index (χ0v) is 23.9. The van der Waals surface area contributed by atoms with Crippen molar-refractivity contribution >= 4 is 22.0 Å². The minimum absolute atomic E-state index is 0.00156. The molecule has 10 nitrogen and oxygen atoms in total. The Morgan fingerprint density at radius 2 is 1.68 bits per heavy atom. The number of carbonyl (C=O) groups is 2. The fourth-order valence-corrected chi connectivity index (χ4v) is 5.31. The first-order valence-electron chi connectivity index (χ1n) is 12.9. The Morgan fingerprint density at radius 1 is 1.05 bits per heavy atom. The van der Waals surface area contributed by atoms with E-state index in [1.807, 2.05) is 13.8 Å². The Morgan fingerprint density at radius 3 is 2.24 bits per heavy atom. The van der Waals surface area contributed by atoms with Gasteiger partial charge in [0.05, 0.1) is 30.7 Å². The Hall–Kier alpha value is -3.36. The lowest BCUT2D eigenvalue weighted by Crippen LogP contribution is -2.51. The van der Waals surface area contributed by atoms with Gasteiger partial charge in [-0.05, 0) is 42.2 Å². The highest BCUT2D eigenvalue weighted by atomic mass is 32.2. The molecule has 0 saturated heterocycles. The Labute approximate surface area is 237 Å². The van der Waals surface area contributed by atoms with Crippen molar-refractivity contribution in [2.24, 2.45) is 5.92 Å². The highest BCUT2D eigenvalue weighted by molar-refractivity contribution is 7.89. The molecule has 0 aliphatic heterocycles. The van der Waals surface area contributed by atoms with E-state index in [1.165, 1.54) is 31.4 Å². The largest absolute Gasteiger partial charge is 0.497 e. The molecule has 0 bridgehead atoms. The van der Waals surface area contributed by atoms with Crippen LogP contribution in [0.5, 0.6) is 5.75 Å². The number of carbonyl (C=O) groups excluding carboxylic acids is 2. The van der Waals surface area contributed by atoms with E-state index in [-0.39, 0.29) is 30.3 Å². The van der Waals surface area contributed by atoms with Crippen molar-refractivity contribution in [1.29, 1.82) is 0 Å². The summed E-state index contributed by atoms with van der Waals surface area (Å²) >= 11 is 0. The van der Waals surface area contributed by atoms with E-state index in [0.717, 1.165) is 9.87 Å². The normalized spacial score (nSPS) is 14.1. The zero-order chi connectivity index (χ0) is 30.6. The van der Waals surface area contributed by atoms with Crippen LogP contribution in [0.4, 0.5) is 18.0 Å². The number of hydrogen-bond donors (Lipinski definition) is 3. The Bertz CT molecular complexity index is 1210. The molecule has 228 valence electrons. The predicted molar refractivity (Wildman–Crippen MR) is 145 cm³/mol. The lowest BCUT2D eigenvalue weighted by atomic mass is 10.0. The van der Waals surface area contributed by atoms with Crippen LogP contribution in [0.2, 0.25) is 0 Å². The van der Waals surface area contributed by atoms with E-state index in [4.69, 9.17) is 9.47 Å². The maximum Gasteiger partial charge on any atom is 0.471 e. The first-order chi connectivity index (χ1) is 19.3. The number of hydrogen-bond acceptors (Lipinski definition) is 7. The van der Waals surface area contributed by atoms with Gasteiger partial charge in [-0.25, -0.2) is 13.2 Å². The van der Waals surface area contributed by atoms with Gasteiger partial charge >= 0.3 is 18.2 Å². The van der Waals surface area contributed by atoms with E-state index >= 15 is 0 Å². The molecule has 2 aromatic rings. The van der Waals surface area contributed by atoms with Crippen molar-refractivity contribution in [2.75, 3.05) is 33.4 Å². The molecule has 0 fully saturated rings. The minimum atomic E-state index is -5.07. The quantitative estimate of drug-likeness (QED) is 0.267. The summed E-state index contributed by atoms with van der Waals surface area (Å²) in [6.45, 7) is 2.37. The summed E-state index contributed by atoms with van der Waals surface area (Å²) in [6, 6.07) is 13.6. The van der Waals surface area contributed by atoms with Gasteiger partial charge in [0.2, 0.25) is 10.0 Å². The standard InChI is InChI=1S/C27H36F3N3O7S/c1-4-19(2)17-33(41(37,38)22-12-10-21(39-3)11-13-22)18-24(34)23(16-20-8-6-5-7-9-20)32-26(36)40-15-14-31-25(35)27(28,29)30/h5-13,19,23-24,34H,4,14-18H2,1-3H3,(H,31,35)(H,32,36)/t19-,23?,24-/m1/s1. The maximum absolute atomic E-state index is 13.6. The molecular weight excluding hydrogens is 567 g/mol. The van der Waals surface area contributed by atoms with Gasteiger partial charge in [0.1, 0.15) is 12.4 Å². The van der Waals surface area contributed by atoms with Crippen LogP contribution in [0.15, 0.2) is 59.5 Å². The molecule has 1 unspecified atom stereocenters. The first-order valence-corrected chi connectivity index (χ1v) is 14.4. The number of alkyl carbamates (subject to hydrolysis) is 1. The molecule has 3 N–H and O–H groups in total. The summed E-state index contributed by atoms with van der Waals surface area (Å²) in [6.07, 6.45) is -6.75. The number of halogens is 3. The van der Waals surface area contributed by atoms with Gasteiger partial charge < -0.3 is 25.2 Å². The monoisotopic (exact) mass is 603 g/mol. The molecule has 2 amide bonds. The highest BCUT2D eigenvalue weighted by Gasteiger charge is 2.38. The number of alkyl halides is 3. The Balaban J connectivity index is 2.20. The Kier molecular flexibility index (Phi) is 12.9. The van der Waals surface area contributed by atoms with Gasteiger partial charge in [0.15, 0.2) is 0 Å². The van der Waals surface area contributed by atoms with E-state index in [9.17, 15) is 36.3 Å². The molecule has 0 aromatic heterocycles. The number of benzene rings is 2. The summed E-state index contributed by atoms with van der Waals surface area (Å²) in [5.41, 5.74) is 0.723. The average molecular weight is 604 g/mol. The van der Waals surface area contributed by atoms with Crippen molar-refractivity contribution in [3.63, 3.8) is 0 Å². The molecule has 0 heterocycles. The summed E-state index contributed by atoms with van der Waals surface area (Å²) in [7, 11) is -2.60. The SMILES string of the molecule is CC[C@@H](C)CN(C[C@@H](O)C(Cc1ccccc1)NC(=O)OCCNC(=O)C(F)(F)F)S(=O)(=O)c1ccc(OC)cc1. The molecule has 2 aromatic carbocycles.